The number of aromatic nitrogens is 1. The summed E-state index contributed by atoms with van der Waals surface area (Å²) in [5.74, 6) is -2.45. The van der Waals surface area contributed by atoms with Gasteiger partial charge in [0, 0.05) is 6.07 Å². The summed E-state index contributed by atoms with van der Waals surface area (Å²) in [6, 6.07) is 0.0943. The van der Waals surface area contributed by atoms with Gasteiger partial charge in [-0.1, -0.05) is 0 Å². The van der Waals surface area contributed by atoms with E-state index in [2.05, 4.69) is 14.5 Å². The van der Waals surface area contributed by atoms with E-state index in [1.807, 2.05) is 0 Å². The number of carbonyl (C=O) groups is 1. The van der Waals surface area contributed by atoms with Crippen molar-refractivity contribution in [1.82, 2.24) is 4.98 Å². The highest BCUT2D eigenvalue weighted by Crippen LogP contribution is 2.35. The van der Waals surface area contributed by atoms with E-state index in [1.54, 1.807) is 0 Å². The highest BCUT2D eigenvalue weighted by molar-refractivity contribution is 5.73. The fraction of sp³-hybridized carbons (Fsp3) is 0.400. The number of halogens is 5. The molecule has 0 N–H and O–H groups in total. The largest absolute Gasteiger partial charge is 0.574 e. The Hall–Kier alpha value is -2.53. The zero-order valence-corrected chi connectivity index (χ0v) is 10.7. The molecule has 7 nitrogen and oxygen atoms in total. The number of methoxy groups -OCH3 is 1. The summed E-state index contributed by atoms with van der Waals surface area (Å²) in [7, 11) is 0.901. The second-order valence-corrected chi connectivity index (χ2v) is 3.70. The minimum absolute atomic E-state index is 0.0943. The van der Waals surface area contributed by atoms with Gasteiger partial charge in [-0.2, -0.15) is 0 Å². The number of esters is 1. The number of alkyl halides is 5. The topological polar surface area (TPSA) is 91.6 Å². The normalized spacial score (nSPS) is 11.4. The summed E-state index contributed by atoms with van der Waals surface area (Å²) in [4.78, 5) is 23.7. The van der Waals surface area contributed by atoms with Crippen molar-refractivity contribution in [3.05, 3.63) is 27.4 Å². The monoisotopic (exact) mass is 330 g/mol. The molecule has 1 heterocycles. The summed E-state index contributed by atoms with van der Waals surface area (Å²) in [6.45, 7) is 0. The van der Waals surface area contributed by atoms with Crippen LogP contribution in [0.2, 0.25) is 0 Å². The van der Waals surface area contributed by atoms with Crippen LogP contribution in [0.4, 0.5) is 27.6 Å². The van der Waals surface area contributed by atoms with Crippen LogP contribution in [0.1, 0.15) is 17.7 Å². The molecule has 0 radical (unpaired) electrons. The zero-order valence-electron chi connectivity index (χ0n) is 10.7. The molecule has 0 aliphatic rings. The molecule has 0 amide bonds. The number of carbonyl (C=O) groups excluding carboxylic acids is 1. The fourth-order valence-corrected chi connectivity index (χ4v) is 1.47. The van der Waals surface area contributed by atoms with Crippen LogP contribution < -0.4 is 4.74 Å². The van der Waals surface area contributed by atoms with E-state index in [0.29, 0.717) is 0 Å². The summed E-state index contributed by atoms with van der Waals surface area (Å²) < 4.78 is 69.5. The second kappa shape index (κ2) is 6.49. The van der Waals surface area contributed by atoms with Gasteiger partial charge in [-0.25, -0.2) is 13.8 Å². The molecule has 12 heteroatoms. The van der Waals surface area contributed by atoms with Crippen LogP contribution in [0.15, 0.2) is 6.07 Å². The van der Waals surface area contributed by atoms with Crippen molar-refractivity contribution in [3.8, 4) is 5.88 Å². The molecule has 0 fully saturated rings. The maximum atomic E-state index is 12.8. The van der Waals surface area contributed by atoms with Crippen molar-refractivity contribution in [2.75, 3.05) is 7.11 Å². The number of pyridine rings is 1. The van der Waals surface area contributed by atoms with Gasteiger partial charge in [-0.15, -0.1) is 13.2 Å². The lowest BCUT2D eigenvalue weighted by molar-refractivity contribution is -0.387. The van der Waals surface area contributed by atoms with Gasteiger partial charge in [-0.05, 0) is 0 Å². The number of nitrogens with zero attached hydrogens (tertiary/aromatic N) is 2. The quantitative estimate of drug-likeness (QED) is 0.357. The maximum absolute atomic E-state index is 12.8. The zero-order chi connectivity index (χ0) is 17.1. The molecule has 122 valence electrons. The summed E-state index contributed by atoms with van der Waals surface area (Å²) >= 11 is 0. The van der Waals surface area contributed by atoms with E-state index in [9.17, 15) is 36.9 Å². The lowest BCUT2D eigenvalue weighted by Gasteiger charge is -2.12. The molecule has 1 aromatic rings. The van der Waals surface area contributed by atoms with Crippen molar-refractivity contribution in [3.63, 3.8) is 0 Å². The molecule has 0 aromatic carbocycles. The van der Waals surface area contributed by atoms with E-state index < -0.39 is 52.9 Å². The molecule has 1 rings (SSSR count). The molecule has 0 spiro atoms. The Morgan fingerprint density at radius 3 is 2.45 bits per heavy atom. The van der Waals surface area contributed by atoms with Gasteiger partial charge in [0.25, 0.3) is 6.43 Å². The predicted octanol–water partition coefficient (Wildman–Crippen LogP) is 2.54. The lowest BCUT2D eigenvalue weighted by Crippen LogP contribution is -2.19. The fourth-order valence-electron chi connectivity index (χ4n) is 1.47. The first-order valence-electron chi connectivity index (χ1n) is 5.34. The summed E-state index contributed by atoms with van der Waals surface area (Å²) in [5, 5.41) is 10.8. The Morgan fingerprint density at radius 1 is 1.45 bits per heavy atom. The molecule has 0 saturated carbocycles. The minimum atomic E-state index is -5.24. The second-order valence-electron chi connectivity index (χ2n) is 3.70. The Kier molecular flexibility index (Phi) is 5.17. The summed E-state index contributed by atoms with van der Waals surface area (Å²) in [5.41, 5.74) is -3.54. The van der Waals surface area contributed by atoms with E-state index in [-0.39, 0.29) is 6.07 Å². The van der Waals surface area contributed by atoms with E-state index >= 15 is 0 Å². The first-order chi connectivity index (χ1) is 10.0. The smallest absolute Gasteiger partial charge is 0.469 e. The first kappa shape index (κ1) is 17.5. The van der Waals surface area contributed by atoms with Crippen LogP contribution in [0.3, 0.4) is 0 Å². The van der Waals surface area contributed by atoms with Crippen molar-refractivity contribution >= 4 is 11.7 Å². The number of hydrogen-bond acceptors (Lipinski definition) is 6. The van der Waals surface area contributed by atoms with Gasteiger partial charge in [0.2, 0.25) is 5.88 Å². The molecule has 0 aliphatic heterocycles. The van der Waals surface area contributed by atoms with E-state index in [0.717, 1.165) is 7.11 Å². The van der Waals surface area contributed by atoms with Gasteiger partial charge in [0.1, 0.15) is 11.3 Å². The van der Waals surface area contributed by atoms with Crippen molar-refractivity contribution < 1.29 is 41.1 Å². The standard InChI is InChI=1S/C10H7F5N2O5/c1-21-7(18)3-5-8(17(19)20)4(9(11)12)2-6(16-5)22-10(13,14)15/h2,9H,3H2,1H3. The van der Waals surface area contributed by atoms with Crippen LogP contribution >= 0.6 is 0 Å². The van der Waals surface area contributed by atoms with Crippen molar-refractivity contribution in [2.45, 2.75) is 19.2 Å². The van der Waals surface area contributed by atoms with Gasteiger partial charge >= 0.3 is 18.0 Å². The molecular formula is C10H7F5N2O5. The third-order valence-electron chi connectivity index (χ3n) is 2.25. The molecule has 0 aliphatic carbocycles. The molecule has 0 unspecified atom stereocenters. The number of nitro groups is 1. The molecule has 0 atom stereocenters. The maximum Gasteiger partial charge on any atom is 0.574 e. The molecule has 1 aromatic heterocycles. The predicted molar refractivity (Wildman–Crippen MR) is 58.3 cm³/mol. The van der Waals surface area contributed by atoms with Crippen LogP contribution in [0.25, 0.3) is 0 Å². The van der Waals surface area contributed by atoms with Crippen molar-refractivity contribution in [1.29, 1.82) is 0 Å². The third kappa shape index (κ3) is 4.49. The number of rotatable bonds is 5. The molecular weight excluding hydrogens is 323 g/mol. The first-order valence-corrected chi connectivity index (χ1v) is 5.34. The molecule has 0 bridgehead atoms. The van der Waals surface area contributed by atoms with Gasteiger partial charge < -0.3 is 9.47 Å². The SMILES string of the molecule is COC(=O)Cc1nc(OC(F)(F)F)cc(C(F)F)c1[N+](=O)[O-]. The Labute approximate surface area is 118 Å². The Morgan fingerprint density at radius 2 is 2.05 bits per heavy atom. The molecule has 22 heavy (non-hydrogen) atoms. The highest BCUT2D eigenvalue weighted by Gasteiger charge is 2.35. The average Bonchev–Trinajstić information content (AvgIpc) is 2.35. The van der Waals surface area contributed by atoms with E-state index in [4.69, 9.17) is 0 Å². The third-order valence-corrected chi connectivity index (χ3v) is 2.25. The summed E-state index contributed by atoms with van der Waals surface area (Å²) in [6.07, 6.45) is -9.69. The number of ether oxygens (including phenoxy) is 2. The minimum Gasteiger partial charge on any atom is -0.469 e. The highest BCUT2D eigenvalue weighted by atomic mass is 19.4. The van der Waals surface area contributed by atoms with Gasteiger partial charge in [0.15, 0.2) is 0 Å². The van der Waals surface area contributed by atoms with E-state index in [1.165, 1.54) is 0 Å². The van der Waals surface area contributed by atoms with Crippen LogP contribution in [0.5, 0.6) is 5.88 Å². The number of hydrogen-bond donors (Lipinski definition) is 0. The van der Waals surface area contributed by atoms with Gasteiger partial charge in [0.05, 0.1) is 18.5 Å². The van der Waals surface area contributed by atoms with Gasteiger partial charge in [-0.3, -0.25) is 14.9 Å². The molecule has 0 saturated heterocycles. The van der Waals surface area contributed by atoms with Crippen molar-refractivity contribution in [2.24, 2.45) is 0 Å². The van der Waals surface area contributed by atoms with Crippen LogP contribution in [0, 0.1) is 10.1 Å². The van der Waals surface area contributed by atoms with Crippen LogP contribution in [-0.4, -0.2) is 29.3 Å². The Bertz CT molecular complexity index is 590. The average molecular weight is 330 g/mol. The lowest BCUT2D eigenvalue weighted by atomic mass is 10.1. The Balaban J connectivity index is 3.47. The van der Waals surface area contributed by atoms with Crippen LogP contribution in [-0.2, 0) is 16.0 Å².